The maximum Gasteiger partial charge on any atom is 0.416 e. The smallest absolute Gasteiger partial charge is 0.393 e. The summed E-state index contributed by atoms with van der Waals surface area (Å²) >= 11 is 1.46. The SMILES string of the molecule is Cc1ccc(NC(=O)c2cccc(C(F)(F)F)c2)cc1Nc1nccc(-c2ccc(SCC(C)O)nc2)n1. The number of carbonyl (C=O) groups excluding carboxylic acids is 1. The third kappa shape index (κ3) is 7.08. The number of pyridine rings is 1. The average molecular weight is 540 g/mol. The zero-order chi connectivity index (χ0) is 27.3. The van der Waals surface area contributed by atoms with Crippen molar-refractivity contribution in [3.63, 3.8) is 0 Å². The molecule has 0 aliphatic rings. The molecule has 38 heavy (non-hydrogen) atoms. The van der Waals surface area contributed by atoms with E-state index in [0.717, 1.165) is 28.3 Å². The molecule has 0 saturated heterocycles. The molecule has 196 valence electrons. The summed E-state index contributed by atoms with van der Waals surface area (Å²) < 4.78 is 39.0. The first-order valence-corrected chi connectivity index (χ1v) is 12.5. The Labute approximate surface area is 221 Å². The number of benzene rings is 2. The second kappa shape index (κ2) is 11.6. The highest BCUT2D eigenvalue weighted by molar-refractivity contribution is 7.99. The predicted octanol–water partition coefficient (Wildman–Crippen LogP) is 6.33. The Bertz CT molecular complexity index is 1430. The second-order valence-corrected chi connectivity index (χ2v) is 9.54. The Morgan fingerprint density at radius 2 is 1.89 bits per heavy atom. The minimum Gasteiger partial charge on any atom is -0.393 e. The van der Waals surface area contributed by atoms with E-state index in [4.69, 9.17) is 0 Å². The highest BCUT2D eigenvalue weighted by Crippen LogP contribution is 2.30. The molecule has 2 aromatic carbocycles. The van der Waals surface area contributed by atoms with Crippen LogP contribution in [0.25, 0.3) is 11.3 Å². The van der Waals surface area contributed by atoms with Gasteiger partial charge in [0.25, 0.3) is 5.91 Å². The van der Waals surface area contributed by atoms with Gasteiger partial charge in [-0.25, -0.2) is 15.0 Å². The average Bonchev–Trinajstić information content (AvgIpc) is 2.89. The summed E-state index contributed by atoms with van der Waals surface area (Å²) in [6.45, 7) is 3.58. The number of aryl methyl sites for hydroxylation is 1. The number of nitrogens with one attached hydrogen (secondary N) is 2. The lowest BCUT2D eigenvalue weighted by Crippen LogP contribution is -2.14. The van der Waals surface area contributed by atoms with Gasteiger partial charge in [-0.2, -0.15) is 13.2 Å². The summed E-state index contributed by atoms with van der Waals surface area (Å²) in [4.78, 5) is 25.8. The van der Waals surface area contributed by atoms with Gasteiger partial charge in [0, 0.05) is 40.6 Å². The van der Waals surface area contributed by atoms with E-state index in [1.807, 2.05) is 19.1 Å². The van der Waals surface area contributed by atoms with Crippen LogP contribution in [0.2, 0.25) is 0 Å². The van der Waals surface area contributed by atoms with Crippen molar-refractivity contribution in [2.24, 2.45) is 0 Å². The van der Waals surface area contributed by atoms with Crippen molar-refractivity contribution in [2.45, 2.75) is 31.2 Å². The minimum absolute atomic E-state index is 0.102. The number of nitrogens with zero attached hydrogens (tertiary/aromatic N) is 3. The van der Waals surface area contributed by atoms with Crippen molar-refractivity contribution >= 4 is 35.0 Å². The maximum atomic E-state index is 13.0. The molecule has 2 heterocycles. The van der Waals surface area contributed by atoms with Gasteiger partial charge < -0.3 is 15.7 Å². The van der Waals surface area contributed by atoms with Gasteiger partial charge in [0.2, 0.25) is 5.95 Å². The van der Waals surface area contributed by atoms with Crippen LogP contribution in [0.5, 0.6) is 0 Å². The zero-order valence-corrected chi connectivity index (χ0v) is 21.3. The quantitative estimate of drug-likeness (QED) is 0.225. The molecule has 1 unspecified atom stereocenters. The minimum atomic E-state index is -4.54. The molecule has 4 aromatic rings. The fourth-order valence-corrected chi connectivity index (χ4v) is 4.10. The fourth-order valence-electron chi connectivity index (χ4n) is 3.40. The summed E-state index contributed by atoms with van der Waals surface area (Å²) in [6.07, 6.45) is -1.66. The molecule has 0 radical (unpaired) electrons. The first-order valence-electron chi connectivity index (χ1n) is 11.5. The van der Waals surface area contributed by atoms with E-state index in [2.05, 4.69) is 25.6 Å². The summed E-state index contributed by atoms with van der Waals surface area (Å²) in [5, 5.41) is 16.0. The number of hydrogen-bond acceptors (Lipinski definition) is 7. The van der Waals surface area contributed by atoms with Gasteiger partial charge in [-0.3, -0.25) is 4.79 Å². The summed E-state index contributed by atoms with van der Waals surface area (Å²) in [5.74, 6) is 0.207. The predicted molar refractivity (Wildman–Crippen MR) is 142 cm³/mol. The molecule has 0 fully saturated rings. The van der Waals surface area contributed by atoms with E-state index in [-0.39, 0.29) is 5.56 Å². The number of rotatable bonds is 8. The Kier molecular flexibility index (Phi) is 8.28. The molecule has 11 heteroatoms. The highest BCUT2D eigenvalue weighted by Gasteiger charge is 2.30. The van der Waals surface area contributed by atoms with Crippen LogP contribution < -0.4 is 10.6 Å². The van der Waals surface area contributed by atoms with Crippen molar-refractivity contribution in [1.82, 2.24) is 15.0 Å². The van der Waals surface area contributed by atoms with Crippen molar-refractivity contribution in [3.05, 3.63) is 89.7 Å². The molecule has 7 nitrogen and oxygen atoms in total. The molecule has 0 bridgehead atoms. The van der Waals surface area contributed by atoms with Crippen LogP contribution in [0.3, 0.4) is 0 Å². The van der Waals surface area contributed by atoms with Gasteiger partial charge in [0.1, 0.15) is 0 Å². The zero-order valence-electron chi connectivity index (χ0n) is 20.5. The number of alkyl halides is 3. The Hall–Kier alpha value is -3.96. The Morgan fingerprint density at radius 1 is 1.08 bits per heavy atom. The lowest BCUT2D eigenvalue weighted by Gasteiger charge is -2.13. The number of hydrogen-bond donors (Lipinski definition) is 3. The van der Waals surface area contributed by atoms with Crippen LogP contribution in [-0.2, 0) is 6.18 Å². The van der Waals surface area contributed by atoms with Gasteiger partial charge in [0.15, 0.2) is 0 Å². The number of anilines is 3. The normalized spacial score (nSPS) is 12.2. The van der Waals surface area contributed by atoms with Gasteiger partial charge in [-0.15, -0.1) is 11.8 Å². The van der Waals surface area contributed by atoms with Gasteiger partial charge in [-0.05, 0) is 67.9 Å². The van der Waals surface area contributed by atoms with E-state index in [1.54, 1.807) is 43.6 Å². The molecular weight excluding hydrogens is 515 g/mol. The maximum absolute atomic E-state index is 13.0. The second-order valence-electron chi connectivity index (χ2n) is 8.50. The van der Waals surface area contributed by atoms with Gasteiger partial charge in [0.05, 0.1) is 22.4 Å². The third-order valence-electron chi connectivity index (χ3n) is 5.35. The number of aromatic nitrogens is 3. The number of aliphatic hydroxyl groups is 1. The lowest BCUT2D eigenvalue weighted by atomic mass is 10.1. The molecule has 0 saturated carbocycles. The van der Waals surface area contributed by atoms with Crippen LogP contribution >= 0.6 is 11.8 Å². The molecular formula is C27H24F3N5O2S. The van der Waals surface area contributed by atoms with Crippen molar-refractivity contribution in [2.75, 3.05) is 16.4 Å². The first-order chi connectivity index (χ1) is 18.1. The standard InChI is InChI=1S/C27H24F3N5O2S/c1-16-6-8-21(33-25(37)18-4-3-5-20(12-18)27(28,29)30)13-23(16)35-26-31-11-10-22(34-26)19-7-9-24(32-14-19)38-15-17(2)36/h3-14,17,36H,15H2,1-2H3,(H,33,37)(H,31,34,35). The van der Waals surface area contributed by atoms with E-state index in [1.165, 1.54) is 23.9 Å². The van der Waals surface area contributed by atoms with E-state index < -0.39 is 23.8 Å². The van der Waals surface area contributed by atoms with E-state index in [0.29, 0.717) is 28.8 Å². The van der Waals surface area contributed by atoms with Crippen LogP contribution in [0.1, 0.15) is 28.4 Å². The Morgan fingerprint density at radius 3 is 2.61 bits per heavy atom. The summed E-state index contributed by atoms with van der Waals surface area (Å²) in [6, 6.07) is 14.8. The fraction of sp³-hybridized carbons (Fsp3) is 0.185. The monoisotopic (exact) mass is 539 g/mol. The van der Waals surface area contributed by atoms with Crippen molar-refractivity contribution in [3.8, 4) is 11.3 Å². The van der Waals surface area contributed by atoms with E-state index in [9.17, 15) is 23.1 Å². The van der Waals surface area contributed by atoms with Gasteiger partial charge >= 0.3 is 6.18 Å². The Balaban J connectivity index is 1.48. The highest BCUT2D eigenvalue weighted by atomic mass is 32.2. The molecule has 3 N–H and O–H groups in total. The molecule has 1 atom stereocenters. The van der Waals surface area contributed by atoms with Crippen LogP contribution in [0.15, 0.2) is 78.1 Å². The molecule has 0 aliphatic carbocycles. The first kappa shape index (κ1) is 27.1. The summed E-state index contributed by atoms with van der Waals surface area (Å²) in [5.41, 5.74) is 2.30. The third-order valence-corrected chi connectivity index (χ3v) is 6.54. The topological polar surface area (TPSA) is 100 Å². The van der Waals surface area contributed by atoms with E-state index >= 15 is 0 Å². The van der Waals surface area contributed by atoms with Crippen LogP contribution in [0.4, 0.5) is 30.5 Å². The van der Waals surface area contributed by atoms with Crippen LogP contribution in [-0.4, -0.2) is 37.8 Å². The molecule has 4 rings (SSSR count). The number of halogens is 3. The number of aliphatic hydroxyl groups excluding tert-OH is 1. The lowest BCUT2D eigenvalue weighted by molar-refractivity contribution is -0.137. The van der Waals surface area contributed by atoms with Gasteiger partial charge in [-0.1, -0.05) is 12.1 Å². The molecule has 1 amide bonds. The molecule has 2 aromatic heterocycles. The van der Waals surface area contributed by atoms with Crippen molar-refractivity contribution < 1.29 is 23.1 Å². The number of amides is 1. The van der Waals surface area contributed by atoms with Crippen molar-refractivity contribution in [1.29, 1.82) is 0 Å². The molecule has 0 spiro atoms. The largest absolute Gasteiger partial charge is 0.416 e. The molecule has 0 aliphatic heterocycles. The van der Waals surface area contributed by atoms with Crippen LogP contribution in [0, 0.1) is 6.92 Å². The summed E-state index contributed by atoms with van der Waals surface area (Å²) in [7, 11) is 0. The number of carbonyl (C=O) groups is 1. The number of thioether (sulfide) groups is 1.